The Hall–Kier alpha value is -1.47. The molecule has 20 heavy (non-hydrogen) atoms. The van der Waals surface area contributed by atoms with Crippen LogP contribution in [0.25, 0.3) is 0 Å². The zero-order chi connectivity index (χ0) is 15.4. The van der Waals surface area contributed by atoms with Crippen LogP contribution in [0.3, 0.4) is 0 Å². The van der Waals surface area contributed by atoms with E-state index in [9.17, 15) is 18.5 Å². The molecule has 0 radical (unpaired) electrons. The third-order valence-corrected chi connectivity index (χ3v) is 4.47. The molecule has 6 nitrogen and oxygen atoms in total. The van der Waals surface area contributed by atoms with Gasteiger partial charge in [0.05, 0.1) is 15.6 Å². The lowest BCUT2D eigenvalue weighted by Crippen LogP contribution is -2.36. The van der Waals surface area contributed by atoms with Crippen molar-refractivity contribution in [1.29, 1.82) is 0 Å². The van der Waals surface area contributed by atoms with Gasteiger partial charge in [0.25, 0.3) is 5.69 Å². The SMILES string of the molecule is CC(C)(C)NCCCS(=O)(=O)c1ccc([N+](=O)[O-])cc1. The number of nitrogens with one attached hydrogen (secondary N) is 1. The van der Waals surface area contributed by atoms with E-state index in [1.807, 2.05) is 20.8 Å². The van der Waals surface area contributed by atoms with E-state index in [0.29, 0.717) is 13.0 Å². The summed E-state index contributed by atoms with van der Waals surface area (Å²) >= 11 is 0. The van der Waals surface area contributed by atoms with Gasteiger partial charge in [0.15, 0.2) is 9.84 Å². The number of benzene rings is 1. The summed E-state index contributed by atoms with van der Waals surface area (Å²) in [6, 6.07) is 4.98. The summed E-state index contributed by atoms with van der Waals surface area (Å²) in [6.45, 7) is 6.64. The van der Waals surface area contributed by atoms with E-state index in [2.05, 4.69) is 5.32 Å². The summed E-state index contributed by atoms with van der Waals surface area (Å²) in [5.41, 5.74) is -0.157. The lowest BCUT2D eigenvalue weighted by atomic mass is 10.1. The number of sulfone groups is 1. The van der Waals surface area contributed by atoms with E-state index in [0.717, 1.165) is 0 Å². The number of nitrogens with zero attached hydrogens (tertiary/aromatic N) is 1. The minimum absolute atomic E-state index is 0.0217. The lowest BCUT2D eigenvalue weighted by Gasteiger charge is -2.20. The maximum Gasteiger partial charge on any atom is 0.269 e. The second kappa shape index (κ2) is 6.32. The van der Waals surface area contributed by atoms with Crippen molar-refractivity contribution in [2.75, 3.05) is 12.3 Å². The molecular formula is C13H20N2O4S. The van der Waals surface area contributed by atoms with E-state index in [-0.39, 0.29) is 21.9 Å². The molecule has 7 heteroatoms. The Labute approximate surface area is 119 Å². The Morgan fingerprint density at radius 3 is 2.20 bits per heavy atom. The van der Waals surface area contributed by atoms with Crippen molar-refractivity contribution in [3.8, 4) is 0 Å². The van der Waals surface area contributed by atoms with Crippen molar-refractivity contribution < 1.29 is 13.3 Å². The molecule has 0 atom stereocenters. The molecular weight excluding hydrogens is 280 g/mol. The van der Waals surface area contributed by atoms with Crippen LogP contribution in [0.15, 0.2) is 29.2 Å². The van der Waals surface area contributed by atoms with Gasteiger partial charge >= 0.3 is 0 Å². The first kappa shape index (κ1) is 16.6. The normalized spacial score (nSPS) is 12.3. The fourth-order valence-electron chi connectivity index (χ4n) is 1.62. The molecule has 0 spiro atoms. The first-order valence-corrected chi connectivity index (χ1v) is 7.99. The van der Waals surface area contributed by atoms with Gasteiger partial charge in [-0.15, -0.1) is 0 Å². The minimum atomic E-state index is -3.38. The molecule has 0 fully saturated rings. The first-order valence-electron chi connectivity index (χ1n) is 6.34. The molecule has 0 aliphatic heterocycles. The van der Waals surface area contributed by atoms with Gasteiger partial charge in [0, 0.05) is 17.7 Å². The third kappa shape index (κ3) is 5.26. The summed E-state index contributed by atoms with van der Waals surface area (Å²) < 4.78 is 24.1. The first-order chi connectivity index (χ1) is 9.12. The number of hydrogen-bond acceptors (Lipinski definition) is 5. The molecule has 0 saturated carbocycles. The van der Waals surface area contributed by atoms with Crippen LogP contribution in [-0.4, -0.2) is 31.2 Å². The second-order valence-corrected chi connectivity index (χ2v) is 7.71. The average molecular weight is 300 g/mol. The summed E-state index contributed by atoms with van der Waals surface area (Å²) in [5, 5.41) is 13.7. The zero-order valence-corrected chi connectivity index (χ0v) is 12.7. The third-order valence-electron chi connectivity index (χ3n) is 2.65. The van der Waals surface area contributed by atoms with Gasteiger partial charge < -0.3 is 5.32 Å². The van der Waals surface area contributed by atoms with Crippen molar-refractivity contribution in [1.82, 2.24) is 5.32 Å². The molecule has 0 aromatic heterocycles. The van der Waals surface area contributed by atoms with Gasteiger partial charge in [-0.3, -0.25) is 10.1 Å². The van der Waals surface area contributed by atoms with Gasteiger partial charge in [-0.05, 0) is 45.9 Å². The average Bonchev–Trinajstić information content (AvgIpc) is 2.34. The Morgan fingerprint density at radius 1 is 1.20 bits per heavy atom. The maximum absolute atomic E-state index is 12.0. The van der Waals surface area contributed by atoms with Crippen LogP contribution in [0.4, 0.5) is 5.69 Å². The van der Waals surface area contributed by atoms with Gasteiger partial charge in [0.2, 0.25) is 0 Å². The minimum Gasteiger partial charge on any atom is -0.312 e. The molecule has 1 aromatic carbocycles. The van der Waals surface area contributed by atoms with E-state index in [1.54, 1.807) is 0 Å². The molecule has 0 aliphatic rings. The fraction of sp³-hybridized carbons (Fsp3) is 0.538. The quantitative estimate of drug-likeness (QED) is 0.494. The molecule has 0 amide bonds. The highest BCUT2D eigenvalue weighted by Gasteiger charge is 2.16. The molecule has 0 heterocycles. The second-order valence-electron chi connectivity index (χ2n) is 5.60. The van der Waals surface area contributed by atoms with Crippen LogP contribution in [-0.2, 0) is 9.84 Å². The van der Waals surface area contributed by atoms with Gasteiger partial charge in [0.1, 0.15) is 0 Å². The highest BCUT2D eigenvalue weighted by atomic mass is 32.2. The predicted molar refractivity (Wildman–Crippen MR) is 77.5 cm³/mol. The lowest BCUT2D eigenvalue weighted by molar-refractivity contribution is -0.384. The Balaban J connectivity index is 2.62. The van der Waals surface area contributed by atoms with Crippen LogP contribution < -0.4 is 5.32 Å². The number of nitro groups is 1. The van der Waals surface area contributed by atoms with Gasteiger partial charge in [-0.2, -0.15) is 0 Å². The smallest absolute Gasteiger partial charge is 0.269 e. The van der Waals surface area contributed by atoms with Gasteiger partial charge in [-0.25, -0.2) is 8.42 Å². The standard InChI is InChI=1S/C13H20N2O4S/c1-13(2,3)14-9-4-10-20(18,19)12-7-5-11(6-8-12)15(16)17/h5-8,14H,4,9-10H2,1-3H3. The Bertz CT molecular complexity index is 559. The van der Waals surface area contributed by atoms with Crippen molar-refractivity contribution >= 4 is 15.5 Å². The number of non-ortho nitro benzene ring substituents is 1. The maximum atomic E-state index is 12.0. The molecule has 112 valence electrons. The molecule has 0 aliphatic carbocycles. The van der Waals surface area contributed by atoms with E-state index in [1.165, 1.54) is 24.3 Å². The van der Waals surface area contributed by atoms with E-state index >= 15 is 0 Å². The van der Waals surface area contributed by atoms with Crippen LogP contribution in [0.5, 0.6) is 0 Å². The highest BCUT2D eigenvalue weighted by Crippen LogP contribution is 2.17. The van der Waals surface area contributed by atoms with Gasteiger partial charge in [-0.1, -0.05) is 0 Å². The summed E-state index contributed by atoms with van der Waals surface area (Å²) in [7, 11) is -3.38. The molecule has 0 unspecified atom stereocenters. The zero-order valence-electron chi connectivity index (χ0n) is 11.9. The summed E-state index contributed by atoms with van der Waals surface area (Å²) in [5.74, 6) is 0.0217. The summed E-state index contributed by atoms with van der Waals surface area (Å²) in [6.07, 6.45) is 0.497. The van der Waals surface area contributed by atoms with Crippen LogP contribution in [0.1, 0.15) is 27.2 Å². The van der Waals surface area contributed by atoms with Crippen molar-refractivity contribution in [3.05, 3.63) is 34.4 Å². The largest absolute Gasteiger partial charge is 0.312 e. The van der Waals surface area contributed by atoms with Crippen LogP contribution >= 0.6 is 0 Å². The summed E-state index contributed by atoms with van der Waals surface area (Å²) in [4.78, 5) is 10.1. The van der Waals surface area contributed by atoms with Crippen molar-refractivity contribution in [3.63, 3.8) is 0 Å². The predicted octanol–water partition coefficient (Wildman–Crippen LogP) is 2.15. The molecule has 1 rings (SSSR count). The number of nitro benzene ring substituents is 1. The Morgan fingerprint density at radius 2 is 1.75 bits per heavy atom. The molecule has 1 aromatic rings. The Kier molecular flexibility index (Phi) is 5.24. The number of rotatable bonds is 6. The van der Waals surface area contributed by atoms with E-state index < -0.39 is 14.8 Å². The number of hydrogen-bond donors (Lipinski definition) is 1. The highest BCUT2D eigenvalue weighted by molar-refractivity contribution is 7.91. The van der Waals surface area contributed by atoms with Crippen LogP contribution in [0, 0.1) is 10.1 Å². The molecule has 0 saturated heterocycles. The van der Waals surface area contributed by atoms with Crippen molar-refractivity contribution in [2.24, 2.45) is 0 Å². The van der Waals surface area contributed by atoms with E-state index in [4.69, 9.17) is 0 Å². The molecule has 1 N–H and O–H groups in total. The van der Waals surface area contributed by atoms with Crippen molar-refractivity contribution in [2.45, 2.75) is 37.6 Å². The fourth-order valence-corrected chi connectivity index (χ4v) is 2.93. The topological polar surface area (TPSA) is 89.3 Å². The van der Waals surface area contributed by atoms with Crippen LogP contribution in [0.2, 0.25) is 0 Å². The monoisotopic (exact) mass is 300 g/mol. The molecule has 0 bridgehead atoms.